The van der Waals surface area contributed by atoms with Gasteiger partial charge in [0.2, 0.25) is 11.8 Å². The van der Waals surface area contributed by atoms with Gasteiger partial charge in [-0.05, 0) is 49.8 Å². The van der Waals surface area contributed by atoms with E-state index in [2.05, 4.69) is 10.6 Å². The first kappa shape index (κ1) is 22.6. The lowest BCUT2D eigenvalue weighted by Crippen LogP contribution is -2.31. The first-order chi connectivity index (χ1) is 12.8. The third-order valence-electron chi connectivity index (χ3n) is 4.82. The number of amides is 3. The van der Waals surface area contributed by atoms with Crippen LogP contribution in [0.2, 0.25) is 0 Å². The van der Waals surface area contributed by atoms with Gasteiger partial charge in [-0.2, -0.15) is 0 Å². The van der Waals surface area contributed by atoms with Crippen LogP contribution in [0.15, 0.2) is 24.3 Å². The smallest absolute Gasteiger partial charge is 0.251 e. The van der Waals surface area contributed by atoms with Gasteiger partial charge in [-0.1, -0.05) is 19.1 Å². The second-order valence-corrected chi connectivity index (χ2v) is 6.90. The molecule has 0 aliphatic heterocycles. The topological polar surface area (TPSA) is 122 Å². The number of nitrogens with two attached hydrogens (primary N) is 1. The van der Waals surface area contributed by atoms with Crippen molar-refractivity contribution in [1.82, 2.24) is 10.6 Å². The summed E-state index contributed by atoms with van der Waals surface area (Å²) < 4.78 is 0. The number of aliphatic hydroxyl groups is 1. The summed E-state index contributed by atoms with van der Waals surface area (Å²) >= 11 is 0. The van der Waals surface area contributed by atoms with Gasteiger partial charge in [-0.15, -0.1) is 0 Å². The van der Waals surface area contributed by atoms with E-state index in [0.29, 0.717) is 37.7 Å². The Balaban J connectivity index is 2.55. The molecule has 0 saturated heterocycles. The molecule has 0 radical (unpaired) electrons. The summed E-state index contributed by atoms with van der Waals surface area (Å²) in [6.45, 7) is 1.74. The van der Waals surface area contributed by atoms with Crippen LogP contribution in [-0.4, -0.2) is 43.0 Å². The Morgan fingerprint density at radius 2 is 1.67 bits per heavy atom. The molecule has 0 fully saturated rings. The van der Waals surface area contributed by atoms with Crippen LogP contribution in [0.4, 0.5) is 0 Å². The third-order valence-corrected chi connectivity index (χ3v) is 4.82. The molecule has 150 valence electrons. The maximum atomic E-state index is 12.1. The van der Waals surface area contributed by atoms with Gasteiger partial charge in [0, 0.05) is 31.5 Å². The molecule has 1 aromatic rings. The van der Waals surface area contributed by atoms with E-state index in [1.807, 2.05) is 12.1 Å². The van der Waals surface area contributed by atoms with E-state index < -0.39 is 6.10 Å². The van der Waals surface area contributed by atoms with Crippen LogP contribution >= 0.6 is 0 Å². The first-order valence-corrected chi connectivity index (χ1v) is 9.28. The summed E-state index contributed by atoms with van der Waals surface area (Å²) in [5.41, 5.74) is 6.87. The molecule has 0 saturated carbocycles. The zero-order chi connectivity index (χ0) is 20.4. The van der Waals surface area contributed by atoms with Crippen molar-refractivity contribution in [3.8, 4) is 0 Å². The van der Waals surface area contributed by atoms with Crippen molar-refractivity contribution in [1.29, 1.82) is 0 Å². The Morgan fingerprint density at radius 3 is 2.19 bits per heavy atom. The summed E-state index contributed by atoms with van der Waals surface area (Å²) in [6, 6.07) is 7.22. The van der Waals surface area contributed by atoms with Crippen LogP contribution in [0.5, 0.6) is 0 Å². The largest absolute Gasteiger partial charge is 0.393 e. The quantitative estimate of drug-likeness (QED) is 0.459. The molecule has 0 bridgehead atoms. The van der Waals surface area contributed by atoms with Crippen LogP contribution in [0.1, 0.15) is 48.5 Å². The van der Waals surface area contributed by atoms with E-state index in [1.165, 1.54) is 0 Å². The van der Waals surface area contributed by atoms with Crippen LogP contribution in [-0.2, 0) is 16.0 Å². The highest BCUT2D eigenvalue weighted by Gasteiger charge is 2.23. The molecule has 5 N–H and O–H groups in total. The minimum absolute atomic E-state index is 0.138. The highest BCUT2D eigenvalue weighted by atomic mass is 16.3. The molecule has 3 atom stereocenters. The molecule has 0 aromatic heterocycles. The van der Waals surface area contributed by atoms with Crippen molar-refractivity contribution in [2.75, 3.05) is 14.1 Å². The molecule has 0 spiro atoms. The molecule has 1 aromatic carbocycles. The lowest BCUT2D eigenvalue weighted by Gasteiger charge is -2.20. The van der Waals surface area contributed by atoms with Crippen molar-refractivity contribution >= 4 is 17.7 Å². The summed E-state index contributed by atoms with van der Waals surface area (Å²) in [4.78, 5) is 34.8. The molecule has 27 heavy (non-hydrogen) atoms. The molecule has 1 unspecified atom stereocenters. The fraction of sp³-hybridized carbons (Fsp3) is 0.550. The molecule has 1 rings (SSSR count). The molecular formula is C20H31N3O4. The third kappa shape index (κ3) is 7.78. The van der Waals surface area contributed by atoms with Crippen molar-refractivity contribution in [3.05, 3.63) is 35.4 Å². The Hall–Kier alpha value is -2.41. The van der Waals surface area contributed by atoms with Crippen LogP contribution in [0.25, 0.3) is 0 Å². The second kappa shape index (κ2) is 11.3. The predicted molar refractivity (Wildman–Crippen MR) is 104 cm³/mol. The fourth-order valence-electron chi connectivity index (χ4n) is 2.90. The van der Waals surface area contributed by atoms with E-state index >= 15 is 0 Å². The number of aryl methyl sites for hydroxylation is 1. The van der Waals surface area contributed by atoms with Crippen molar-refractivity contribution in [2.45, 2.75) is 45.1 Å². The average Bonchev–Trinajstić information content (AvgIpc) is 2.68. The van der Waals surface area contributed by atoms with E-state index in [0.717, 1.165) is 5.56 Å². The summed E-state index contributed by atoms with van der Waals surface area (Å²) in [5, 5.41) is 15.5. The van der Waals surface area contributed by atoms with Gasteiger partial charge in [-0.25, -0.2) is 0 Å². The zero-order valence-corrected chi connectivity index (χ0v) is 16.3. The number of primary amides is 1. The number of nitrogens with one attached hydrogen (secondary N) is 2. The van der Waals surface area contributed by atoms with E-state index in [1.54, 1.807) is 33.2 Å². The van der Waals surface area contributed by atoms with Crippen molar-refractivity contribution in [2.24, 2.45) is 17.6 Å². The Labute approximate surface area is 160 Å². The van der Waals surface area contributed by atoms with Crippen LogP contribution < -0.4 is 16.4 Å². The molecule has 3 amide bonds. The number of aliphatic hydroxyl groups excluding tert-OH is 1. The summed E-state index contributed by atoms with van der Waals surface area (Å²) in [5.74, 6) is -1.32. The number of rotatable bonds is 11. The lowest BCUT2D eigenvalue weighted by atomic mass is 9.89. The second-order valence-electron chi connectivity index (χ2n) is 6.90. The fourth-order valence-corrected chi connectivity index (χ4v) is 2.90. The van der Waals surface area contributed by atoms with Gasteiger partial charge >= 0.3 is 0 Å². The lowest BCUT2D eigenvalue weighted by molar-refractivity contribution is -0.127. The van der Waals surface area contributed by atoms with E-state index in [9.17, 15) is 19.5 Å². The van der Waals surface area contributed by atoms with Crippen molar-refractivity contribution in [3.63, 3.8) is 0 Å². The van der Waals surface area contributed by atoms with E-state index in [4.69, 9.17) is 5.73 Å². The maximum Gasteiger partial charge on any atom is 0.251 e. The number of benzene rings is 1. The number of hydrogen-bond donors (Lipinski definition) is 4. The Bertz CT molecular complexity index is 631. The molecule has 0 aliphatic rings. The van der Waals surface area contributed by atoms with Gasteiger partial charge in [0.25, 0.3) is 5.91 Å². The highest BCUT2D eigenvalue weighted by Crippen LogP contribution is 2.20. The normalized spacial score (nSPS) is 14.1. The highest BCUT2D eigenvalue weighted by molar-refractivity contribution is 5.93. The monoisotopic (exact) mass is 377 g/mol. The minimum atomic E-state index is -0.630. The van der Waals surface area contributed by atoms with Crippen LogP contribution in [0.3, 0.4) is 0 Å². The number of carbonyl (C=O) groups is 3. The van der Waals surface area contributed by atoms with Gasteiger partial charge in [0.1, 0.15) is 0 Å². The molecule has 7 heteroatoms. The summed E-state index contributed by atoms with van der Waals surface area (Å²) in [7, 11) is 3.15. The standard InChI is InChI=1S/C20H31N3O4/c1-13(18(21)25)4-8-16(20(27)23-3)12-17(24)11-7-14-5-9-15(10-6-14)19(26)22-2/h5-6,9-10,13,16-17,24H,4,7-8,11-12H2,1-3H3,(H2,21,25)(H,22,26)(H,23,27)/t13?,16-,17+/m1/s1. The number of hydrogen-bond acceptors (Lipinski definition) is 4. The average molecular weight is 377 g/mol. The molecule has 0 aliphatic carbocycles. The van der Waals surface area contributed by atoms with Gasteiger partial charge in [0.05, 0.1) is 6.10 Å². The van der Waals surface area contributed by atoms with Gasteiger partial charge < -0.3 is 21.5 Å². The van der Waals surface area contributed by atoms with Crippen LogP contribution in [0, 0.1) is 11.8 Å². The number of carbonyl (C=O) groups excluding carboxylic acids is 3. The Kier molecular flexibility index (Phi) is 9.50. The van der Waals surface area contributed by atoms with Crippen molar-refractivity contribution < 1.29 is 19.5 Å². The van der Waals surface area contributed by atoms with Gasteiger partial charge in [0.15, 0.2) is 0 Å². The molecule has 0 heterocycles. The molecule has 7 nitrogen and oxygen atoms in total. The minimum Gasteiger partial charge on any atom is -0.393 e. The SMILES string of the molecule is CNC(=O)c1ccc(CC[C@H](O)C[C@@H](CCC(C)C(N)=O)C(=O)NC)cc1. The van der Waals surface area contributed by atoms with Gasteiger partial charge in [-0.3, -0.25) is 14.4 Å². The zero-order valence-electron chi connectivity index (χ0n) is 16.3. The summed E-state index contributed by atoms with van der Waals surface area (Å²) in [6.07, 6.45) is 1.88. The maximum absolute atomic E-state index is 12.1. The first-order valence-electron chi connectivity index (χ1n) is 9.28. The predicted octanol–water partition coefficient (Wildman–Crippen LogP) is 0.994. The van der Waals surface area contributed by atoms with E-state index in [-0.39, 0.29) is 29.6 Å². The molecular weight excluding hydrogens is 346 g/mol. The Morgan fingerprint density at radius 1 is 1.04 bits per heavy atom.